The second-order valence-corrected chi connectivity index (χ2v) is 7.84. The Labute approximate surface area is 169 Å². The molecule has 4 rings (SSSR count). The summed E-state index contributed by atoms with van der Waals surface area (Å²) in [5.41, 5.74) is 1.39. The smallest absolute Gasteiger partial charge is 0.253 e. The number of halogens is 2. The maximum atomic E-state index is 13.3. The summed E-state index contributed by atoms with van der Waals surface area (Å²) in [6.07, 6.45) is 3.29. The van der Waals surface area contributed by atoms with E-state index < -0.39 is 0 Å². The van der Waals surface area contributed by atoms with Crippen LogP contribution in [-0.4, -0.2) is 41.2 Å². The predicted octanol–water partition coefficient (Wildman–Crippen LogP) is 4.18. The first-order valence-electron chi connectivity index (χ1n) is 10.1. The molecule has 4 nitrogen and oxygen atoms in total. The molecule has 2 fully saturated rings. The number of carbonyl (C=O) groups is 2. The van der Waals surface area contributed by atoms with Gasteiger partial charge in [0.2, 0.25) is 5.91 Å². The van der Waals surface area contributed by atoms with E-state index in [2.05, 4.69) is 0 Å². The lowest BCUT2D eigenvalue weighted by atomic mass is 9.94. The molecule has 6 heteroatoms. The van der Waals surface area contributed by atoms with Crippen molar-refractivity contribution in [3.05, 3.63) is 71.3 Å². The Morgan fingerprint density at radius 1 is 0.828 bits per heavy atom. The number of carbonyl (C=O) groups excluding carboxylic acids is 2. The van der Waals surface area contributed by atoms with E-state index in [9.17, 15) is 18.4 Å². The van der Waals surface area contributed by atoms with Crippen molar-refractivity contribution < 1.29 is 18.4 Å². The second-order valence-electron chi connectivity index (χ2n) is 7.84. The first-order valence-corrected chi connectivity index (χ1v) is 10.1. The molecule has 0 N–H and O–H groups in total. The number of amides is 2. The Kier molecular flexibility index (Phi) is 5.60. The number of benzene rings is 2. The zero-order chi connectivity index (χ0) is 20.4. The van der Waals surface area contributed by atoms with Gasteiger partial charge in [0.05, 0.1) is 12.0 Å². The minimum absolute atomic E-state index is 0.0359. The third-order valence-corrected chi connectivity index (χ3v) is 5.94. The van der Waals surface area contributed by atoms with Crippen LogP contribution in [0.2, 0.25) is 0 Å². The van der Waals surface area contributed by atoms with Crippen LogP contribution < -0.4 is 0 Å². The highest BCUT2D eigenvalue weighted by Crippen LogP contribution is 2.34. The van der Waals surface area contributed by atoms with Crippen LogP contribution in [0, 0.1) is 17.6 Å². The molecule has 2 atom stereocenters. The fraction of sp³-hybridized carbons (Fsp3) is 0.391. The molecule has 152 valence electrons. The van der Waals surface area contributed by atoms with Crippen molar-refractivity contribution in [1.82, 2.24) is 9.80 Å². The summed E-state index contributed by atoms with van der Waals surface area (Å²) < 4.78 is 26.4. The quantitative estimate of drug-likeness (QED) is 0.778. The SMILES string of the molecule is O=C(c1ccc(F)cc1)N1CCCC(C(=O)N2CCCC2c2ccc(F)cc2)C1. The van der Waals surface area contributed by atoms with Crippen molar-refractivity contribution >= 4 is 11.8 Å². The minimum Gasteiger partial charge on any atom is -0.338 e. The average molecular weight is 398 g/mol. The molecule has 2 amide bonds. The van der Waals surface area contributed by atoms with Gasteiger partial charge in [-0.1, -0.05) is 12.1 Å². The van der Waals surface area contributed by atoms with E-state index in [0.717, 1.165) is 31.2 Å². The summed E-state index contributed by atoms with van der Waals surface area (Å²) >= 11 is 0. The van der Waals surface area contributed by atoms with Gasteiger partial charge >= 0.3 is 0 Å². The maximum absolute atomic E-state index is 13.3. The van der Waals surface area contributed by atoms with E-state index in [1.54, 1.807) is 17.0 Å². The van der Waals surface area contributed by atoms with Crippen molar-refractivity contribution in [2.75, 3.05) is 19.6 Å². The summed E-state index contributed by atoms with van der Waals surface area (Å²) in [4.78, 5) is 29.6. The molecule has 0 aromatic heterocycles. The number of likely N-dealkylation sites (tertiary alicyclic amines) is 2. The highest BCUT2D eigenvalue weighted by atomic mass is 19.1. The fourth-order valence-electron chi connectivity index (χ4n) is 4.43. The molecular formula is C23H24F2N2O2. The number of nitrogens with zero attached hydrogens (tertiary/aromatic N) is 2. The van der Waals surface area contributed by atoms with E-state index in [0.29, 0.717) is 25.2 Å². The molecule has 2 aliphatic heterocycles. The van der Waals surface area contributed by atoms with Gasteiger partial charge in [-0.25, -0.2) is 8.78 Å². The summed E-state index contributed by atoms with van der Waals surface area (Å²) in [6.45, 7) is 1.66. The lowest BCUT2D eigenvalue weighted by Crippen LogP contribution is -2.46. The first-order chi connectivity index (χ1) is 14.0. The second kappa shape index (κ2) is 8.31. The third-order valence-electron chi connectivity index (χ3n) is 5.94. The van der Waals surface area contributed by atoms with Gasteiger partial charge in [0.25, 0.3) is 5.91 Å². The van der Waals surface area contributed by atoms with E-state index in [1.165, 1.54) is 36.4 Å². The highest BCUT2D eigenvalue weighted by molar-refractivity contribution is 5.94. The largest absolute Gasteiger partial charge is 0.338 e. The van der Waals surface area contributed by atoms with E-state index in [-0.39, 0.29) is 35.4 Å². The van der Waals surface area contributed by atoms with Gasteiger partial charge in [-0.2, -0.15) is 0 Å². The van der Waals surface area contributed by atoms with Crippen molar-refractivity contribution in [3.8, 4) is 0 Å². The molecule has 2 heterocycles. The van der Waals surface area contributed by atoms with Gasteiger partial charge in [0, 0.05) is 25.2 Å². The van der Waals surface area contributed by atoms with Crippen LogP contribution in [0.5, 0.6) is 0 Å². The third kappa shape index (κ3) is 4.16. The zero-order valence-corrected chi connectivity index (χ0v) is 16.2. The predicted molar refractivity (Wildman–Crippen MR) is 105 cm³/mol. The molecule has 2 saturated heterocycles. The zero-order valence-electron chi connectivity index (χ0n) is 16.2. The molecular weight excluding hydrogens is 374 g/mol. The van der Waals surface area contributed by atoms with Crippen LogP contribution >= 0.6 is 0 Å². The van der Waals surface area contributed by atoms with Gasteiger partial charge in [-0.3, -0.25) is 9.59 Å². The van der Waals surface area contributed by atoms with Gasteiger partial charge in [0.1, 0.15) is 11.6 Å². The summed E-state index contributed by atoms with van der Waals surface area (Å²) in [6, 6.07) is 11.8. The van der Waals surface area contributed by atoms with Gasteiger partial charge in [0.15, 0.2) is 0 Å². The first kappa shape index (κ1) is 19.6. The normalized spacial score (nSPS) is 22.0. The molecule has 2 unspecified atom stereocenters. The Hall–Kier alpha value is -2.76. The van der Waals surface area contributed by atoms with Crippen molar-refractivity contribution in [2.45, 2.75) is 31.7 Å². The Morgan fingerprint density at radius 2 is 1.45 bits per heavy atom. The minimum atomic E-state index is -0.380. The van der Waals surface area contributed by atoms with E-state index >= 15 is 0 Å². The van der Waals surface area contributed by atoms with Crippen molar-refractivity contribution in [3.63, 3.8) is 0 Å². The molecule has 0 bridgehead atoms. The average Bonchev–Trinajstić information content (AvgIpc) is 3.24. The Balaban J connectivity index is 1.46. The number of hydrogen-bond donors (Lipinski definition) is 0. The lowest BCUT2D eigenvalue weighted by Gasteiger charge is -2.35. The van der Waals surface area contributed by atoms with Gasteiger partial charge in [-0.05, 0) is 67.6 Å². The molecule has 0 aliphatic carbocycles. The highest BCUT2D eigenvalue weighted by Gasteiger charge is 2.36. The Morgan fingerprint density at radius 3 is 2.14 bits per heavy atom. The molecule has 0 spiro atoms. The maximum Gasteiger partial charge on any atom is 0.253 e. The Bertz CT molecular complexity index is 883. The number of piperidine rings is 1. The summed E-state index contributed by atoms with van der Waals surface area (Å²) in [5, 5.41) is 0. The van der Waals surface area contributed by atoms with Crippen LogP contribution in [0.25, 0.3) is 0 Å². The molecule has 2 aromatic rings. The monoisotopic (exact) mass is 398 g/mol. The molecule has 0 radical (unpaired) electrons. The standard InChI is InChI=1S/C23H24F2N2O2/c24-19-9-5-16(6-10-19)21-4-2-14-27(21)23(29)18-3-1-13-26(15-18)22(28)17-7-11-20(25)12-8-17/h5-12,18,21H,1-4,13-15H2. The van der Waals surface area contributed by atoms with Gasteiger partial charge < -0.3 is 9.80 Å². The lowest BCUT2D eigenvalue weighted by molar-refractivity contribution is -0.138. The molecule has 2 aliphatic rings. The van der Waals surface area contributed by atoms with Crippen LogP contribution in [0.3, 0.4) is 0 Å². The van der Waals surface area contributed by atoms with Crippen LogP contribution in [0.4, 0.5) is 8.78 Å². The van der Waals surface area contributed by atoms with Crippen LogP contribution in [-0.2, 0) is 4.79 Å². The fourth-order valence-corrected chi connectivity index (χ4v) is 4.43. The number of rotatable bonds is 3. The van der Waals surface area contributed by atoms with E-state index in [4.69, 9.17) is 0 Å². The summed E-state index contributed by atoms with van der Waals surface area (Å²) in [5.74, 6) is -1.01. The van der Waals surface area contributed by atoms with Gasteiger partial charge in [-0.15, -0.1) is 0 Å². The number of hydrogen-bond acceptors (Lipinski definition) is 2. The summed E-state index contributed by atoms with van der Waals surface area (Å²) in [7, 11) is 0. The topological polar surface area (TPSA) is 40.6 Å². The van der Waals surface area contributed by atoms with Crippen molar-refractivity contribution in [1.29, 1.82) is 0 Å². The molecule has 2 aromatic carbocycles. The van der Waals surface area contributed by atoms with Crippen LogP contribution in [0.15, 0.2) is 48.5 Å². The van der Waals surface area contributed by atoms with Crippen molar-refractivity contribution in [2.24, 2.45) is 5.92 Å². The van der Waals surface area contributed by atoms with E-state index in [1.807, 2.05) is 4.90 Å². The molecule has 0 saturated carbocycles. The van der Waals surface area contributed by atoms with Crippen LogP contribution in [0.1, 0.15) is 47.6 Å². The molecule has 29 heavy (non-hydrogen) atoms.